The third kappa shape index (κ3) is 2.74. The van der Waals surface area contributed by atoms with Crippen molar-refractivity contribution in [3.8, 4) is 0 Å². The Morgan fingerprint density at radius 3 is 2.33 bits per heavy atom. The maximum absolute atomic E-state index is 11.4. The third-order valence-corrected chi connectivity index (χ3v) is 4.22. The summed E-state index contributed by atoms with van der Waals surface area (Å²) >= 11 is 0. The van der Waals surface area contributed by atoms with Crippen LogP contribution in [-0.4, -0.2) is 0 Å². The van der Waals surface area contributed by atoms with Crippen molar-refractivity contribution in [2.45, 2.75) is 6.92 Å². The molecule has 0 radical (unpaired) electrons. The Morgan fingerprint density at radius 2 is 1.50 bits per heavy atom. The molecule has 2 heteroatoms. The Hall–Kier alpha value is -3.13. The lowest BCUT2D eigenvalue weighted by molar-refractivity contribution is 0.560. The molecule has 0 N–H and O–H groups in total. The summed E-state index contributed by atoms with van der Waals surface area (Å²) in [5.74, 6) is 0. The van der Waals surface area contributed by atoms with Crippen molar-refractivity contribution in [2.75, 3.05) is 0 Å². The molecule has 0 spiro atoms. The number of hydrogen-bond donors (Lipinski definition) is 0. The fraction of sp³-hybridized carbons (Fsp3) is 0.0455. The molecular formula is C22H16O2. The van der Waals surface area contributed by atoms with Gasteiger partial charge < -0.3 is 4.42 Å². The molecule has 24 heavy (non-hydrogen) atoms. The van der Waals surface area contributed by atoms with Gasteiger partial charge in [-0.25, -0.2) is 4.79 Å². The molecule has 0 saturated carbocycles. The summed E-state index contributed by atoms with van der Waals surface area (Å²) in [5.41, 5.74) is 3.49. The summed E-state index contributed by atoms with van der Waals surface area (Å²) in [6.07, 6.45) is 4.18. The maximum Gasteiger partial charge on any atom is 0.336 e. The monoisotopic (exact) mass is 312 g/mol. The van der Waals surface area contributed by atoms with E-state index >= 15 is 0 Å². The Kier molecular flexibility index (Phi) is 3.51. The van der Waals surface area contributed by atoms with E-state index in [2.05, 4.69) is 48.6 Å². The van der Waals surface area contributed by atoms with Gasteiger partial charge in [0, 0.05) is 11.5 Å². The lowest BCUT2D eigenvalue weighted by Crippen LogP contribution is -1.97. The number of rotatable bonds is 2. The molecular weight excluding hydrogens is 296 g/mol. The highest BCUT2D eigenvalue weighted by molar-refractivity contribution is 5.87. The summed E-state index contributed by atoms with van der Waals surface area (Å²) in [6, 6.07) is 22.1. The average molecular weight is 312 g/mol. The first-order valence-corrected chi connectivity index (χ1v) is 7.90. The number of aryl methyl sites for hydroxylation is 1. The number of benzene rings is 3. The summed E-state index contributed by atoms with van der Waals surface area (Å²) in [6.45, 7) is 1.93. The summed E-state index contributed by atoms with van der Waals surface area (Å²) in [4.78, 5) is 11.4. The van der Waals surface area contributed by atoms with Gasteiger partial charge in [0.1, 0.15) is 5.58 Å². The van der Waals surface area contributed by atoms with Crippen LogP contribution in [0.2, 0.25) is 0 Å². The molecule has 0 amide bonds. The molecule has 1 heterocycles. The third-order valence-electron chi connectivity index (χ3n) is 4.22. The Morgan fingerprint density at radius 1 is 0.792 bits per heavy atom. The van der Waals surface area contributed by atoms with Crippen molar-refractivity contribution in [3.63, 3.8) is 0 Å². The summed E-state index contributed by atoms with van der Waals surface area (Å²) in [5, 5.41) is 3.44. The molecule has 0 aliphatic rings. The number of hydrogen-bond acceptors (Lipinski definition) is 2. The van der Waals surface area contributed by atoms with Crippen LogP contribution >= 0.6 is 0 Å². The quantitative estimate of drug-likeness (QED) is 0.365. The van der Waals surface area contributed by atoms with E-state index in [0.29, 0.717) is 5.58 Å². The minimum absolute atomic E-state index is 0.306. The van der Waals surface area contributed by atoms with Crippen molar-refractivity contribution >= 4 is 33.9 Å². The predicted octanol–water partition coefficient (Wildman–Crippen LogP) is 5.43. The normalized spacial score (nSPS) is 11.5. The minimum atomic E-state index is -0.306. The molecule has 0 bridgehead atoms. The molecule has 4 aromatic rings. The summed E-state index contributed by atoms with van der Waals surface area (Å²) < 4.78 is 5.23. The standard InChI is InChI=1S/C22H16O2/c1-15-12-22(23)24-21-11-9-17(14-20(15)21)7-6-16-8-10-18-4-2-3-5-19(18)13-16/h2-14H,1H3/b7-6-. The molecule has 1 aromatic heterocycles. The van der Waals surface area contributed by atoms with Gasteiger partial charge in [0.15, 0.2) is 0 Å². The van der Waals surface area contributed by atoms with E-state index in [0.717, 1.165) is 22.1 Å². The van der Waals surface area contributed by atoms with Crippen LogP contribution in [0.4, 0.5) is 0 Å². The van der Waals surface area contributed by atoms with Crippen molar-refractivity contribution < 1.29 is 4.42 Å². The van der Waals surface area contributed by atoms with Crippen LogP contribution in [0.1, 0.15) is 16.7 Å². The lowest BCUT2D eigenvalue weighted by Gasteiger charge is -2.02. The van der Waals surface area contributed by atoms with Crippen molar-refractivity contribution in [1.82, 2.24) is 0 Å². The molecule has 0 unspecified atom stereocenters. The second kappa shape index (κ2) is 5.82. The molecule has 4 rings (SSSR count). The van der Waals surface area contributed by atoms with E-state index < -0.39 is 0 Å². The summed E-state index contributed by atoms with van der Waals surface area (Å²) in [7, 11) is 0. The first-order chi connectivity index (χ1) is 11.7. The van der Waals surface area contributed by atoms with E-state index in [1.54, 1.807) is 0 Å². The van der Waals surface area contributed by atoms with Crippen LogP contribution < -0.4 is 5.63 Å². The van der Waals surface area contributed by atoms with E-state index in [1.807, 2.05) is 31.2 Å². The predicted molar refractivity (Wildman–Crippen MR) is 100 cm³/mol. The van der Waals surface area contributed by atoms with Crippen molar-refractivity contribution in [3.05, 3.63) is 93.8 Å². The highest BCUT2D eigenvalue weighted by atomic mass is 16.4. The molecule has 3 aromatic carbocycles. The van der Waals surface area contributed by atoms with E-state index in [9.17, 15) is 4.79 Å². The molecule has 0 aliphatic carbocycles. The van der Waals surface area contributed by atoms with Gasteiger partial charge in [0.2, 0.25) is 0 Å². The molecule has 116 valence electrons. The zero-order chi connectivity index (χ0) is 16.5. The zero-order valence-electron chi connectivity index (χ0n) is 13.3. The first-order valence-electron chi connectivity index (χ1n) is 7.90. The maximum atomic E-state index is 11.4. The van der Waals surface area contributed by atoms with E-state index in [1.165, 1.54) is 16.8 Å². The second-order valence-corrected chi connectivity index (χ2v) is 5.94. The van der Waals surface area contributed by atoms with Crippen molar-refractivity contribution in [1.29, 1.82) is 0 Å². The van der Waals surface area contributed by atoms with Crippen LogP contribution in [-0.2, 0) is 0 Å². The van der Waals surface area contributed by atoms with E-state index in [-0.39, 0.29) is 5.63 Å². The van der Waals surface area contributed by atoms with Gasteiger partial charge in [-0.2, -0.15) is 0 Å². The fourth-order valence-electron chi connectivity index (χ4n) is 2.94. The van der Waals surface area contributed by atoms with Gasteiger partial charge in [-0.05, 0) is 52.6 Å². The second-order valence-electron chi connectivity index (χ2n) is 5.94. The van der Waals surface area contributed by atoms with Gasteiger partial charge >= 0.3 is 5.63 Å². The highest BCUT2D eigenvalue weighted by Gasteiger charge is 2.02. The largest absolute Gasteiger partial charge is 0.423 e. The van der Waals surface area contributed by atoms with Crippen LogP contribution in [0.15, 0.2) is 75.9 Å². The Bertz CT molecular complexity index is 1130. The Balaban J connectivity index is 1.72. The molecule has 0 aliphatic heterocycles. The first kappa shape index (κ1) is 14.5. The van der Waals surface area contributed by atoms with Gasteiger partial charge in [-0.15, -0.1) is 0 Å². The topological polar surface area (TPSA) is 30.2 Å². The highest BCUT2D eigenvalue weighted by Crippen LogP contribution is 2.21. The van der Waals surface area contributed by atoms with Crippen LogP contribution in [0, 0.1) is 6.92 Å². The van der Waals surface area contributed by atoms with Gasteiger partial charge in [0.25, 0.3) is 0 Å². The van der Waals surface area contributed by atoms with E-state index in [4.69, 9.17) is 4.42 Å². The smallest absolute Gasteiger partial charge is 0.336 e. The van der Waals surface area contributed by atoms with Gasteiger partial charge in [-0.1, -0.05) is 54.6 Å². The Labute approximate surface area is 139 Å². The number of fused-ring (bicyclic) bond motifs is 2. The minimum Gasteiger partial charge on any atom is -0.423 e. The molecule has 0 saturated heterocycles. The van der Waals surface area contributed by atoms with Crippen LogP contribution in [0.25, 0.3) is 33.9 Å². The van der Waals surface area contributed by atoms with Gasteiger partial charge in [0.05, 0.1) is 0 Å². The SMILES string of the molecule is Cc1cc(=O)oc2ccc(/C=C\c3ccc4ccccc4c3)cc12. The van der Waals surface area contributed by atoms with Gasteiger partial charge in [-0.3, -0.25) is 0 Å². The average Bonchev–Trinajstić information content (AvgIpc) is 2.60. The fourth-order valence-corrected chi connectivity index (χ4v) is 2.94. The van der Waals surface area contributed by atoms with Crippen LogP contribution in [0.5, 0.6) is 0 Å². The lowest BCUT2D eigenvalue weighted by atomic mass is 10.0. The zero-order valence-corrected chi connectivity index (χ0v) is 13.3. The molecule has 0 fully saturated rings. The molecule has 0 atom stereocenters. The van der Waals surface area contributed by atoms with Crippen LogP contribution in [0.3, 0.4) is 0 Å². The van der Waals surface area contributed by atoms with Crippen molar-refractivity contribution in [2.24, 2.45) is 0 Å². The molecule has 2 nitrogen and oxygen atoms in total.